The van der Waals surface area contributed by atoms with Crippen molar-refractivity contribution in [1.82, 2.24) is 5.32 Å². The fraction of sp³-hybridized carbons (Fsp3) is 0.562. The summed E-state index contributed by atoms with van der Waals surface area (Å²) in [5.74, 6) is 1.32. The Morgan fingerprint density at radius 2 is 2.10 bits per heavy atom. The van der Waals surface area contributed by atoms with Gasteiger partial charge < -0.3 is 16.2 Å². The van der Waals surface area contributed by atoms with Gasteiger partial charge in [-0.25, -0.2) is 4.99 Å². The van der Waals surface area contributed by atoms with Crippen LogP contribution in [0.5, 0.6) is 5.75 Å². The molecule has 0 aromatic heterocycles. The molecular formula is C16H25N3O. The monoisotopic (exact) mass is 275 g/mol. The topological polar surface area (TPSA) is 70.6 Å². The van der Waals surface area contributed by atoms with Crippen molar-refractivity contribution in [2.24, 2.45) is 16.6 Å². The molecule has 20 heavy (non-hydrogen) atoms. The van der Waals surface area contributed by atoms with Crippen molar-refractivity contribution in [3.8, 4) is 5.75 Å². The van der Waals surface area contributed by atoms with Crippen molar-refractivity contribution in [2.45, 2.75) is 46.1 Å². The quantitative estimate of drug-likeness (QED) is 0.583. The Morgan fingerprint density at radius 3 is 2.85 bits per heavy atom. The molecule has 4 N–H and O–H groups in total. The minimum absolute atomic E-state index is 0.339. The Bertz CT molecular complexity index is 495. The molecule has 4 heteroatoms. The lowest BCUT2D eigenvalue weighted by molar-refractivity contribution is 0.465. The second kappa shape index (κ2) is 6.64. The molecule has 0 aliphatic heterocycles. The van der Waals surface area contributed by atoms with Crippen LogP contribution in [0.4, 0.5) is 0 Å². The third-order valence-electron chi connectivity index (χ3n) is 3.73. The molecule has 0 spiro atoms. The lowest BCUT2D eigenvalue weighted by atomic mass is 9.88. The summed E-state index contributed by atoms with van der Waals surface area (Å²) >= 11 is 0. The van der Waals surface area contributed by atoms with E-state index in [-0.39, 0.29) is 0 Å². The summed E-state index contributed by atoms with van der Waals surface area (Å²) in [6.07, 6.45) is 4.56. The van der Waals surface area contributed by atoms with Gasteiger partial charge in [-0.15, -0.1) is 0 Å². The molecule has 0 atom stereocenters. The number of phenolic OH excluding ortho intramolecular Hbond substituents is 1. The van der Waals surface area contributed by atoms with Gasteiger partial charge in [0.05, 0.1) is 6.54 Å². The predicted octanol–water partition coefficient (Wildman–Crippen LogP) is 2.33. The SMILES string of the molecule is CC(C)CNC(N)=NCc1c(O)ccc2c1CCCC2. The van der Waals surface area contributed by atoms with Gasteiger partial charge in [-0.2, -0.15) is 0 Å². The van der Waals surface area contributed by atoms with Gasteiger partial charge in [0.2, 0.25) is 0 Å². The number of phenols is 1. The zero-order chi connectivity index (χ0) is 14.5. The minimum Gasteiger partial charge on any atom is -0.508 e. The number of hydrogen-bond acceptors (Lipinski definition) is 2. The van der Waals surface area contributed by atoms with Crippen molar-refractivity contribution in [3.05, 3.63) is 28.8 Å². The van der Waals surface area contributed by atoms with Crippen LogP contribution in [0.25, 0.3) is 0 Å². The van der Waals surface area contributed by atoms with Crippen LogP contribution in [0.2, 0.25) is 0 Å². The lowest BCUT2D eigenvalue weighted by Crippen LogP contribution is -2.34. The second-order valence-electron chi connectivity index (χ2n) is 5.88. The Hall–Kier alpha value is -1.71. The van der Waals surface area contributed by atoms with Gasteiger partial charge >= 0.3 is 0 Å². The molecule has 0 heterocycles. The minimum atomic E-state index is 0.339. The van der Waals surface area contributed by atoms with Crippen molar-refractivity contribution in [2.75, 3.05) is 6.54 Å². The highest BCUT2D eigenvalue weighted by atomic mass is 16.3. The van der Waals surface area contributed by atoms with E-state index in [0.717, 1.165) is 24.9 Å². The molecular weight excluding hydrogens is 250 g/mol. The highest BCUT2D eigenvalue weighted by Gasteiger charge is 2.16. The van der Waals surface area contributed by atoms with E-state index < -0.39 is 0 Å². The number of nitrogens with one attached hydrogen (secondary N) is 1. The standard InChI is InChI=1S/C16H25N3O/c1-11(2)9-18-16(17)19-10-14-13-6-4-3-5-12(13)7-8-15(14)20/h7-8,11,20H,3-6,9-10H2,1-2H3,(H3,17,18,19). The number of aryl methyl sites for hydroxylation is 1. The van der Waals surface area contributed by atoms with Crippen molar-refractivity contribution < 1.29 is 5.11 Å². The summed E-state index contributed by atoms with van der Waals surface area (Å²) in [4.78, 5) is 4.36. The lowest BCUT2D eigenvalue weighted by Gasteiger charge is -2.19. The first-order valence-corrected chi connectivity index (χ1v) is 7.44. The van der Waals surface area contributed by atoms with E-state index in [2.05, 4.69) is 24.2 Å². The van der Waals surface area contributed by atoms with Crippen molar-refractivity contribution >= 4 is 5.96 Å². The van der Waals surface area contributed by atoms with Gasteiger partial charge in [0.25, 0.3) is 0 Å². The van der Waals surface area contributed by atoms with Crippen LogP contribution in [0.15, 0.2) is 17.1 Å². The average molecular weight is 275 g/mol. The molecule has 0 saturated carbocycles. The summed E-state index contributed by atoms with van der Waals surface area (Å²) in [6, 6.07) is 3.82. The zero-order valence-corrected chi connectivity index (χ0v) is 12.4. The summed E-state index contributed by atoms with van der Waals surface area (Å²) in [5, 5.41) is 13.2. The molecule has 0 saturated heterocycles. The molecule has 0 unspecified atom stereocenters. The molecule has 2 rings (SSSR count). The maximum atomic E-state index is 10.1. The van der Waals surface area contributed by atoms with Gasteiger partial charge in [0, 0.05) is 12.1 Å². The summed E-state index contributed by atoms with van der Waals surface area (Å²) in [5.41, 5.74) is 9.42. The van der Waals surface area contributed by atoms with E-state index >= 15 is 0 Å². The van der Waals surface area contributed by atoms with Crippen molar-refractivity contribution in [1.29, 1.82) is 0 Å². The average Bonchev–Trinajstić information content (AvgIpc) is 2.44. The molecule has 1 aliphatic carbocycles. The predicted molar refractivity (Wildman–Crippen MR) is 82.9 cm³/mol. The van der Waals surface area contributed by atoms with Crippen LogP contribution in [-0.2, 0) is 19.4 Å². The maximum absolute atomic E-state index is 10.1. The van der Waals surface area contributed by atoms with Crippen molar-refractivity contribution in [3.63, 3.8) is 0 Å². The van der Waals surface area contributed by atoms with Gasteiger partial charge in [0.1, 0.15) is 5.75 Å². The molecule has 4 nitrogen and oxygen atoms in total. The third kappa shape index (κ3) is 3.65. The van der Waals surface area contributed by atoms with Crippen LogP contribution < -0.4 is 11.1 Å². The molecule has 0 radical (unpaired) electrons. The Kier molecular flexibility index (Phi) is 4.88. The first-order valence-electron chi connectivity index (χ1n) is 7.44. The number of nitrogens with zero attached hydrogens (tertiary/aromatic N) is 1. The fourth-order valence-electron chi connectivity index (χ4n) is 2.60. The molecule has 0 fully saturated rings. The van der Waals surface area contributed by atoms with Gasteiger partial charge in [-0.05, 0) is 48.8 Å². The fourth-order valence-corrected chi connectivity index (χ4v) is 2.60. The van der Waals surface area contributed by atoms with Crippen LogP contribution in [0.1, 0.15) is 43.4 Å². The van der Waals surface area contributed by atoms with E-state index in [9.17, 15) is 5.11 Å². The number of benzene rings is 1. The van der Waals surface area contributed by atoms with Crippen LogP contribution in [0, 0.1) is 5.92 Å². The van der Waals surface area contributed by atoms with Gasteiger partial charge in [-0.3, -0.25) is 0 Å². The Balaban J connectivity index is 2.11. The first kappa shape index (κ1) is 14.7. The summed E-state index contributed by atoms with van der Waals surface area (Å²) in [7, 11) is 0. The highest BCUT2D eigenvalue weighted by molar-refractivity contribution is 5.77. The highest BCUT2D eigenvalue weighted by Crippen LogP contribution is 2.30. The zero-order valence-electron chi connectivity index (χ0n) is 12.4. The number of fused-ring (bicyclic) bond motifs is 1. The number of rotatable bonds is 4. The van der Waals surface area contributed by atoms with E-state index in [1.54, 1.807) is 6.07 Å². The maximum Gasteiger partial charge on any atom is 0.188 e. The van der Waals surface area contributed by atoms with Crippen LogP contribution in [-0.4, -0.2) is 17.6 Å². The largest absolute Gasteiger partial charge is 0.508 e. The van der Waals surface area contributed by atoms with E-state index in [4.69, 9.17) is 5.73 Å². The van der Waals surface area contributed by atoms with Crippen LogP contribution in [0.3, 0.4) is 0 Å². The van der Waals surface area contributed by atoms with Gasteiger partial charge in [0.15, 0.2) is 5.96 Å². The van der Waals surface area contributed by atoms with E-state index in [0.29, 0.717) is 24.2 Å². The van der Waals surface area contributed by atoms with Gasteiger partial charge in [-0.1, -0.05) is 19.9 Å². The molecule has 1 aliphatic rings. The van der Waals surface area contributed by atoms with Crippen LogP contribution >= 0.6 is 0 Å². The number of guanidine groups is 1. The number of aliphatic imine (C=N–C) groups is 1. The number of hydrogen-bond donors (Lipinski definition) is 3. The Morgan fingerprint density at radius 1 is 1.35 bits per heavy atom. The molecule has 0 bridgehead atoms. The second-order valence-corrected chi connectivity index (χ2v) is 5.88. The Labute approximate surface area is 121 Å². The molecule has 1 aromatic carbocycles. The first-order chi connectivity index (χ1) is 9.58. The summed E-state index contributed by atoms with van der Waals surface area (Å²) in [6.45, 7) is 5.51. The van der Waals surface area contributed by atoms with E-state index in [1.807, 2.05) is 6.07 Å². The number of nitrogens with two attached hydrogens (primary N) is 1. The smallest absolute Gasteiger partial charge is 0.188 e. The third-order valence-corrected chi connectivity index (χ3v) is 3.73. The number of aromatic hydroxyl groups is 1. The summed E-state index contributed by atoms with van der Waals surface area (Å²) < 4.78 is 0. The normalized spacial score (nSPS) is 15.2. The van der Waals surface area contributed by atoms with E-state index in [1.165, 1.54) is 24.0 Å². The molecule has 1 aromatic rings. The molecule has 110 valence electrons. The molecule has 0 amide bonds.